The second-order valence-corrected chi connectivity index (χ2v) is 8.93. The molecule has 4 bridgehead atoms. The van der Waals surface area contributed by atoms with Gasteiger partial charge in [-0.1, -0.05) is 22.9 Å². The summed E-state index contributed by atoms with van der Waals surface area (Å²) in [4.78, 5) is 13.0. The quantitative estimate of drug-likeness (QED) is 0.801. The van der Waals surface area contributed by atoms with Crippen molar-refractivity contribution in [3.8, 4) is 0 Å². The molecule has 4 aliphatic carbocycles. The van der Waals surface area contributed by atoms with Crippen molar-refractivity contribution in [2.45, 2.75) is 45.4 Å². The summed E-state index contributed by atoms with van der Waals surface area (Å²) in [6, 6.07) is 7.92. The Morgan fingerprint density at radius 1 is 1.14 bits per heavy atom. The fourth-order valence-corrected chi connectivity index (χ4v) is 6.05. The number of carbonyl (C=O) groups excluding carboxylic acids is 1. The predicted octanol–water partition coefficient (Wildman–Crippen LogP) is 4.99. The summed E-state index contributed by atoms with van der Waals surface area (Å²) in [7, 11) is 0. The third kappa shape index (κ3) is 2.34. The fraction of sp³-hybridized carbons (Fsp3) is 0.611. The van der Waals surface area contributed by atoms with E-state index in [1.54, 1.807) is 0 Å². The standard InChI is InChI=1S/C18H22BrNO/c1-17-7-12-6-13(8-17)10-18(9-12,11-17)16(21)20-15-4-2-14(19)3-5-15/h2-5,12-13H,6-11H2,1H3,(H,20,21). The third-order valence-corrected chi connectivity index (χ3v) is 6.47. The van der Waals surface area contributed by atoms with E-state index >= 15 is 0 Å². The van der Waals surface area contributed by atoms with Gasteiger partial charge in [0, 0.05) is 10.2 Å². The molecule has 5 rings (SSSR count). The smallest absolute Gasteiger partial charge is 0.230 e. The first-order valence-electron chi connectivity index (χ1n) is 8.04. The lowest BCUT2D eigenvalue weighted by atomic mass is 9.44. The van der Waals surface area contributed by atoms with E-state index in [-0.39, 0.29) is 11.3 Å². The van der Waals surface area contributed by atoms with Gasteiger partial charge < -0.3 is 5.32 Å². The zero-order chi connectivity index (χ0) is 14.7. The summed E-state index contributed by atoms with van der Waals surface area (Å²) in [5, 5.41) is 3.18. The van der Waals surface area contributed by atoms with Crippen molar-refractivity contribution >= 4 is 27.5 Å². The first kappa shape index (κ1) is 13.8. The van der Waals surface area contributed by atoms with E-state index in [0.29, 0.717) is 5.41 Å². The molecule has 0 aromatic heterocycles. The van der Waals surface area contributed by atoms with Gasteiger partial charge in [0.2, 0.25) is 5.91 Å². The van der Waals surface area contributed by atoms with Gasteiger partial charge in [-0.05, 0) is 80.0 Å². The number of hydrogen-bond acceptors (Lipinski definition) is 1. The molecule has 4 fully saturated rings. The molecule has 2 unspecified atom stereocenters. The second-order valence-electron chi connectivity index (χ2n) is 8.01. The van der Waals surface area contributed by atoms with Crippen molar-refractivity contribution in [1.29, 1.82) is 0 Å². The van der Waals surface area contributed by atoms with Gasteiger partial charge in [0.05, 0.1) is 5.41 Å². The minimum atomic E-state index is -0.0914. The molecule has 0 radical (unpaired) electrons. The van der Waals surface area contributed by atoms with Gasteiger partial charge in [-0.15, -0.1) is 0 Å². The van der Waals surface area contributed by atoms with Gasteiger partial charge in [-0.3, -0.25) is 4.79 Å². The normalized spacial score (nSPS) is 40.3. The Bertz CT molecular complexity index is 565. The maximum atomic E-state index is 13.0. The topological polar surface area (TPSA) is 29.1 Å². The Morgan fingerprint density at radius 2 is 1.76 bits per heavy atom. The highest BCUT2D eigenvalue weighted by molar-refractivity contribution is 9.10. The number of hydrogen-bond donors (Lipinski definition) is 1. The van der Waals surface area contributed by atoms with E-state index in [2.05, 4.69) is 28.2 Å². The van der Waals surface area contributed by atoms with E-state index < -0.39 is 0 Å². The highest BCUT2D eigenvalue weighted by atomic mass is 79.9. The van der Waals surface area contributed by atoms with Crippen molar-refractivity contribution in [3.05, 3.63) is 28.7 Å². The van der Waals surface area contributed by atoms with Gasteiger partial charge in [0.15, 0.2) is 0 Å². The number of halogens is 1. The number of rotatable bonds is 2. The number of nitrogens with one attached hydrogen (secondary N) is 1. The highest BCUT2D eigenvalue weighted by Gasteiger charge is 2.58. The maximum absolute atomic E-state index is 13.0. The SMILES string of the molecule is CC12CC3CC(C1)CC(C(=O)Nc1ccc(Br)cc1)(C3)C2. The molecule has 1 aromatic rings. The summed E-state index contributed by atoms with van der Waals surface area (Å²) in [5.41, 5.74) is 1.25. The first-order valence-corrected chi connectivity index (χ1v) is 8.83. The zero-order valence-electron chi connectivity index (χ0n) is 12.5. The van der Waals surface area contributed by atoms with Crippen LogP contribution in [0.5, 0.6) is 0 Å². The third-order valence-electron chi connectivity index (χ3n) is 5.94. The minimum Gasteiger partial charge on any atom is -0.326 e. The number of anilines is 1. The molecule has 2 nitrogen and oxygen atoms in total. The summed E-state index contributed by atoms with van der Waals surface area (Å²) < 4.78 is 1.04. The lowest BCUT2D eigenvalue weighted by molar-refractivity contribution is -0.149. The summed E-state index contributed by atoms with van der Waals surface area (Å²) in [5.74, 6) is 1.84. The van der Waals surface area contributed by atoms with Gasteiger partial charge in [-0.2, -0.15) is 0 Å². The molecule has 21 heavy (non-hydrogen) atoms. The van der Waals surface area contributed by atoms with Crippen LogP contribution in [-0.4, -0.2) is 5.91 Å². The summed E-state index contributed by atoms with van der Waals surface area (Å²) in [6.45, 7) is 2.41. The molecule has 0 heterocycles. The molecule has 1 amide bonds. The average molecular weight is 348 g/mol. The number of carbonyl (C=O) groups is 1. The zero-order valence-corrected chi connectivity index (χ0v) is 14.1. The van der Waals surface area contributed by atoms with Crippen LogP contribution >= 0.6 is 15.9 Å². The van der Waals surface area contributed by atoms with Crippen molar-refractivity contribution in [2.24, 2.45) is 22.7 Å². The Labute approximate surface area is 134 Å². The van der Waals surface area contributed by atoms with Gasteiger partial charge in [0.25, 0.3) is 0 Å². The van der Waals surface area contributed by atoms with Crippen LogP contribution in [0.2, 0.25) is 0 Å². The van der Waals surface area contributed by atoms with Crippen LogP contribution in [0.3, 0.4) is 0 Å². The average Bonchev–Trinajstić information content (AvgIpc) is 2.38. The second kappa shape index (κ2) is 4.58. The largest absolute Gasteiger partial charge is 0.326 e. The van der Waals surface area contributed by atoms with Crippen molar-refractivity contribution in [2.75, 3.05) is 5.32 Å². The Morgan fingerprint density at radius 3 is 2.33 bits per heavy atom. The molecule has 4 aliphatic rings. The van der Waals surface area contributed by atoms with E-state index in [1.807, 2.05) is 24.3 Å². The Kier molecular flexibility index (Phi) is 3.01. The van der Waals surface area contributed by atoms with Crippen LogP contribution in [0.1, 0.15) is 45.4 Å². The molecule has 0 saturated heterocycles. The van der Waals surface area contributed by atoms with Crippen LogP contribution in [-0.2, 0) is 4.79 Å². The maximum Gasteiger partial charge on any atom is 0.230 e. The molecule has 0 spiro atoms. The lowest BCUT2D eigenvalue weighted by Crippen LogP contribution is -2.55. The van der Waals surface area contributed by atoms with Crippen LogP contribution in [0.25, 0.3) is 0 Å². The number of amides is 1. The van der Waals surface area contributed by atoms with E-state index in [4.69, 9.17) is 0 Å². The fourth-order valence-electron chi connectivity index (χ4n) is 5.78. The molecule has 1 aromatic carbocycles. The minimum absolute atomic E-state index is 0.0914. The monoisotopic (exact) mass is 347 g/mol. The molecular weight excluding hydrogens is 326 g/mol. The Balaban J connectivity index is 1.57. The van der Waals surface area contributed by atoms with Gasteiger partial charge >= 0.3 is 0 Å². The van der Waals surface area contributed by atoms with Crippen LogP contribution in [0.15, 0.2) is 28.7 Å². The van der Waals surface area contributed by atoms with Crippen LogP contribution in [0, 0.1) is 22.7 Å². The van der Waals surface area contributed by atoms with Gasteiger partial charge in [-0.25, -0.2) is 0 Å². The molecule has 0 aliphatic heterocycles. The first-order chi connectivity index (χ1) is 9.96. The van der Waals surface area contributed by atoms with Crippen molar-refractivity contribution in [1.82, 2.24) is 0 Å². The molecule has 112 valence electrons. The van der Waals surface area contributed by atoms with E-state index in [0.717, 1.165) is 41.3 Å². The molecule has 4 saturated carbocycles. The van der Waals surface area contributed by atoms with Crippen molar-refractivity contribution in [3.63, 3.8) is 0 Å². The summed E-state index contributed by atoms with van der Waals surface area (Å²) in [6.07, 6.45) is 7.37. The Hall–Kier alpha value is -0.830. The van der Waals surface area contributed by atoms with Crippen molar-refractivity contribution < 1.29 is 4.79 Å². The lowest BCUT2D eigenvalue weighted by Gasteiger charge is -2.60. The predicted molar refractivity (Wildman–Crippen MR) is 88.0 cm³/mol. The molecular formula is C18H22BrNO. The molecule has 3 heteroatoms. The molecule has 2 atom stereocenters. The van der Waals surface area contributed by atoms with E-state index in [1.165, 1.54) is 19.3 Å². The van der Waals surface area contributed by atoms with Crippen LogP contribution in [0.4, 0.5) is 5.69 Å². The molecule has 1 N–H and O–H groups in total. The van der Waals surface area contributed by atoms with Gasteiger partial charge in [0.1, 0.15) is 0 Å². The number of benzene rings is 1. The van der Waals surface area contributed by atoms with Crippen LogP contribution < -0.4 is 5.32 Å². The van der Waals surface area contributed by atoms with E-state index in [9.17, 15) is 4.79 Å². The highest BCUT2D eigenvalue weighted by Crippen LogP contribution is 2.65. The summed E-state index contributed by atoms with van der Waals surface area (Å²) >= 11 is 3.44.